The summed E-state index contributed by atoms with van der Waals surface area (Å²) in [4.78, 5) is 86.7. The van der Waals surface area contributed by atoms with Crippen molar-refractivity contribution in [2.75, 3.05) is 99.0 Å². The Labute approximate surface area is 586 Å². The zero-order valence-corrected chi connectivity index (χ0v) is 59.9. The van der Waals surface area contributed by atoms with Crippen LogP contribution in [0, 0.1) is 0 Å². The van der Waals surface area contributed by atoms with Gasteiger partial charge in [-0.1, -0.05) is 65.6 Å². The third-order valence-corrected chi connectivity index (χ3v) is 19.6. The van der Waals surface area contributed by atoms with Gasteiger partial charge in [0.2, 0.25) is 22.2 Å². The maximum Gasteiger partial charge on any atom is 0.425 e. The number of carbonyl (C=O) groups excluding carboxylic acids is 4. The maximum atomic E-state index is 13.8. The SMILES string of the molecule is CCSc1nc(Nc2cc(N(CC)CC)ccc2N=Nc2nc(N3CCCCC3)c(/C=C(/C(C)=O)C(=O)Nc3ccccc3S(=O)(=O)O)s2)nc(Nc2cc(N(CC)CC)ccc2N=Nc2nc(N3CCCCC3)c(/C=C(\C(C)=O)C(=O)Nc3ccccc3S(=O)(=O)O)s2)n1.O=S(=O)=O. The molecule has 7 aromatic rings. The number of nitrogens with one attached hydrogen (secondary N) is 4. The molecule has 2 amide bonds. The Morgan fingerprint density at radius 1 is 0.545 bits per heavy atom. The highest BCUT2D eigenvalue weighted by atomic mass is 32.2. The Kier molecular flexibility index (Phi) is 26.6. The Balaban J connectivity index is 0.00000304. The molecule has 0 aliphatic carbocycles. The number of nitrogens with zero attached hydrogens (tertiary/aromatic N) is 13. The van der Waals surface area contributed by atoms with E-state index in [2.05, 4.69) is 78.8 Å². The predicted octanol–water partition coefficient (Wildman–Crippen LogP) is 12.6. The first-order chi connectivity index (χ1) is 47.3. The van der Waals surface area contributed by atoms with E-state index in [4.69, 9.17) is 47.8 Å². The fourth-order valence-corrected chi connectivity index (χ4v) is 14.1. The van der Waals surface area contributed by atoms with Gasteiger partial charge in [0.25, 0.3) is 32.1 Å². The van der Waals surface area contributed by atoms with Gasteiger partial charge >= 0.3 is 10.6 Å². The minimum absolute atomic E-state index is 0.160. The number of piperidine rings is 2. The van der Waals surface area contributed by atoms with Crippen LogP contribution in [0.1, 0.15) is 96.7 Å². The summed E-state index contributed by atoms with van der Waals surface area (Å²) in [6, 6.07) is 22.0. The third kappa shape index (κ3) is 20.6. The lowest BCUT2D eigenvalue weighted by molar-refractivity contribution is -0.120. The second-order valence-corrected chi connectivity index (χ2v) is 28.3. The molecule has 0 spiro atoms. The molecule has 2 saturated heterocycles. The lowest BCUT2D eigenvalue weighted by atomic mass is 10.1. The molecule has 0 bridgehead atoms. The summed E-state index contributed by atoms with van der Waals surface area (Å²) < 4.78 is 93.8. The van der Waals surface area contributed by atoms with Gasteiger partial charge in [-0.05, 0) is 159 Å². The molecule has 30 nitrogen and oxygen atoms in total. The number of anilines is 10. The number of amides is 2. The van der Waals surface area contributed by atoms with Gasteiger partial charge in [-0.3, -0.25) is 28.3 Å². The van der Waals surface area contributed by atoms with Crippen LogP contribution in [0.15, 0.2) is 131 Å². The molecule has 99 heavy (non-hydrogen) atoms. The normalized spacial score (nSPS) is 13.8. The summed E-state index contributed by atoms with van der Waals surface area (Å²) in [6.45, 7) is 18.0. The van der Waals surface area contributed by atoms with E-state index in [1.165, 1.54) is 74.2 Å². The topological polar surface area (TPSA) is 403 Å². The van der Waals surface area contributed by atoms with Gasteiger partial charge in [0, 0.05) is 63.7 Å². The van der Waals surface area contributed by atoms with E-state index in [0.717, 1.165) is 84.7 Å². The van der Waals surface area contributed by atoms with Crippen LogP contribution in [0.5, 0.6) is 0 Å². The quantitative estimate of drug-likeness (QED) is 0.00662. The molecular weight excluding hydrogens is 1400 g/mol. The van der Waals surface area contributed by atoms with Crippen LogP contribution in [0.3, 0.4) is 0 Å². The van der Waals surface area contributed by atoms with Gasteiger partial charge in [-0.15, -0.1) is 33.1 Å². The molecule has 2 aliphatic heterocycles. The van der Waals surface area contributed by atoms with E-state index in [1.807, 2.05) is 43.3 Å². The zero-order valence-electron chi connectivity index (χ0n) is 55.0. The molecule has 0 radical (unpaired) electrons. The van der Waals surface area contributed by atoms with E-state index in [1.54, 1.807) is 0 Å². The highest BCUT2D eigenvalue weighted by molar-refractivity contribution is 7.99. The number of azo groups is 2. The lowest BCUT2D eigenvalue weighted by Crippen LogP contribution is -2.30. The fourth-order valence-electron chi connectivity index (χ4n) is 10.5. The standard InChI is InChI=1S/C63H73N17O10S5.O3S/c1-8-77(9-2)41-27-29-45(73-75-62-68-55(79-31-19-13-20-32-79)51(92-62)37-43(39(6)81)57(83)64-47-23-15-17-25-53(47)94(85,86)87)49(35-41)66-59-70-60(72-61(71-59)91-12-5)67-50-36-42(78(10-3)11-4)28-30-46(50)74-76-63-69-56(80-33-21-14-22-34-80)52(93-63)38-44(40(7)82)58(84)65-48-24-16-18-26-54(48)95(88,89)90;1-4(2)3/h15-18,23-30,35-38H,8-14,19-22,31-34H2,1-7H3,(H,64,83)(H,65,84)(H,85,86,87)(H,88,89,90)(H2,66,67,70,71,72);/b43-37-,44-38+,75-73?,76-74?;. The number of carbonyl (C=O) groups is 4. The number of thioether (sulfide) groups is 1. The molecule has 2 aliphatic rings. The highest BCUT2D eigenvalue weighted by Crippen LogP contribution is 2.41. The number of rotatable bonds is 28. The summed E-state index contributed by atoms with van der Waals surface area (Å²) in [5.41, 5.74) is 2.48. The largest absolute Gasteiger partial charge is 0.425 e. The predicted molar refractivity (Wildman–Crippen MR) is 384 cm³/mol. The van der Waals surface area contributed by atoms with Crippen LogP contribution >= 0.6 is 34.4 Å². The Hall–Kier alpha value is -9.30. The van der Waals surface area contributed by atoms with Crippen LogP contribution in [0.25, 0.3) is 12.2 Å². The fraction of sp³-hybridized carbons (Fsp3) is 0.349. The lowest BCUT2D eigenvalue weighted by Gasteiger charge is -2.27. The van der Waals surface area contributed by atoms with E-state index in [0.29, 0.717) is 107 Å². The molecular formula is C63H73N17O13S6. The smallest absolute Gasteiger partial charge is 0.372 e. The molecule has 2 fully saturated rings. The first kappa shape index (κ1) is 75.5. The van der Waals surface area contributed by atoms with Crippen molar-refractivity contribution in [1.82, 2.24) is 24.9 Å². The van der Waals surface area contributed by atoms with E-state index >= 15 is 0 Å². The van der Waals surface area contributed by atoms with Gasteiger partial charge in [-0.2, -0.15) is 41.8 Å². The number of para-hydroxylation sites is 2. The van der Waals surface area contributed by atoms with Crippen molar-refractivity contribution in [2.45, 2.75) is 102 Å². The van der Waals surface area contributed by atoms with Crippen LogP contribution in [-0.2, 0) is 50.0 Å². The van der Waals surface area contributed by atoms with Crippen molar-refractivity contribution in [1.29, 1.82) is 0 Å². The molecule has 3 aromatic heterocycles. The third-order valence-electron chi connectivity index (χ3n) is 15.3. The second-order valence-electron chi connectivity index (χ2n) is 21.8. The minimum Gasteiger partial charge on any atom is -0.372 e. The highest BCUT2D eigenvalue weighted by Gasteiger charge is 2.27. The van der Waals surface area contributed by atoms with Gasteiger partial charge in [-0.25, -0.2) is 0 Å². The molecule has 9 rings (SSSR count). The average Bonchev–Trinajstić information content (AvgIpc) is 1.80. The molecule has 6 N–H and O–H groups in total. The van der Waals surface area contributed by atoms with Crippen molar-refractivity contribution in [3.05, 3.63) is 106 Å². The van der Waals surface area contributed by atoms with Gasteiger partial charge in [0.15, 0.2) is 16.7 Å². The molecule has 0 saturated carbocycles. The first-order valence-electron chi connectivity index (χ1n) is 31.3. The van der Waals surface area contributed by atoms with E-state index in [-0.39, 0.29) is 44.7 Å². The number of hydrogen-bond acceptors (Lipinski definition) is 29. The van der Waals surface area contributed by atoms with Crippen LogP contribution in [0.4, 0.5) is 79.3 Å². The first-order valence-corrected chi connectivity index (χ1v) is 37.8. The summed E-state index contributed by atoms with van der Waals surface area (Å²) in [7, 11) is -12.6. The van der Waals surface area contributed by atoms with Crippen molar-refractivity contribution < 1.29 is 57.7 Å². The molecule has 0 atom stereocenters. The second kappa shape index (κ2) is 35.0. The monoisotopic (exact) mass is 1470 g/mol. The maximum absolute atomic E-state index is 13.8. The molecule has 4 aromatic carbocycles. The van der Waals surface area contributed by atoms with E-state index in [9.17, 15) is 45.1 Å². The number of hydrogen-bond donors (Lipinski definition) is 6. The van der Waals surface area contributed by atoms with Crippen LogP contribution in [0.2, 0.25) is 0 Å². The van der Waals surface area contributed by atoms with Gasteiger partial charge in [0.05, 0.1) is 43.7 Å². The number of benzene rings is 4. The Bertz CT molecular complexity index is 4330. The number of ketones is 2. The summed E-state index contributed by atoms with van der Waals surface area (Å²) in [5.74, 6) is -1.07. The average molecular weight is 1470 g/mol. The van der Waals surface area contributed by atoms with Gasteiger partial charge < -0.3 is 40.9 Å². The summed E-state index contributed by atoms with van der Waals surface area (Å²) in [5, 5.41) is 31.4. The summed E-state index contributed by atoms with van der Waals surface area (Å²) in [6.07, 6.45) is 8.39. The molecule has 5 heterocycles. The van der Waals surface area contributed by atoms with Crippen molar-refractivity contribution in [3.8, 4) is 0 Å². The number of aromatic nitrogens is 5. The van der Waals surface area contributed by atoms with Crippen molar-refractivity contribution in [2.24, 2.45) is 20.5 Å². The minimum atomic E-state index is -4.73. The van der Waals surface area contributed by atoms with Crippen molar-refractivity contribution in [3.63, 3.8) is 0 Å². The van der Waals surface area contributed by atoms with Gasteiger partial charge in [0.1, 0.15) is 32.8 Å². The zero-order chi connectivity index (χ0) is 71.6. The molecule has 0 unspecified atom stereocenters. The Morgan fingerprint density at radius 2 is 0.919 bits per heavy atom. The van der Waals surface area contributed by atoms with Crippen LogP contribution < -0.4 is 40.9 Å². The van der Waals surface area contributed by atoms with E-state index < -0.39 is 64.0 Å². The number of thiazole rings is 2. The van der Waals surface area contributed by atoms with Crippen LogP contribution in [-0.4, -0.2) is 145 Å². The summed E-state index contributed by atoms with van der Waals surface area (Å²) >= 11 is 3.61. The molecule has 36 heteroatoms. The number of Topliss-reactive ketones (excluding diaryl/α,β-unsaturated/α-hetero) is 2. The molecule has 524 valence electrons. The Morgan fingerprint density at radius 3 is 1.26 bits per heavy atom. The van der Waals surface area contributed by atoms with Crippen molar-refractivity contribution >= 4 is 180 Å².